The van der Waals surface area contributed by atoms with Crippen molar-refractivity contribution in [1.82, 2.24) is 20.4 Å². The summed E-state index contributed by atoms with van der Waals surface area (Å²) in [6, 6.07) is 2.17. The van der Waals surface area contributed by atoms with E-state index >= 15 is 0 Å². The van der Waals surface area contributed by atoms with Gasteiger partial charge in [-0.2, -0.15) is 5.10 Å². The van der Waals surface area contributed by atoms with Crippen molar-refractivity contribution in [2.45, 2.75) is 32.2 Å². The van der Waals surface area contributed by atoms with Gasteiger partial charge < -0.3 is 10.6 Å². The molecule has 0 saturated heterocycles. The van der Waals surface area contributed by atoms with Crippen LogP contribution >= 0.6 is 0 Å². The Kier molecular flexibility index (Phi) is 4.45. The van der Waals surface area contributed by atoms with Crippen molar-refractivity contribution in [3.05, 3.63) is 36.8 Å². The van der Waals surface area contributed by atoms with Gasteiger partial charge in [-0.1, -0.05) is 13.2 Å². The van der Waals surface area contributed by atoms with Crippen molar-refractivity contribution in [3.63, 3.8) is 0 Å². The maximum Gasteiger partial charge on any atom is 0.0838 e. The molecule has 1 aromatic rings. The van der Waals surface area contributed by atoms with Crippen molar-refractivity contribution in [2.75, 3.05) is 13.1 Å². The van der Waals surface area contributed by atoms with E-state index in [0.29, 0.717) is 0 Å². The predicted molar refractivity (Wildman–Crippen MR) is 75.0 cm³/mol. The third-order valence-corrected chi connectivity index (χ3v) is 3.17. The van der Waals surface area contributed by atoms with E-state index in [-0.39, 0.29) is 0 Å². The fourth-order valence-corrected chi connectivity index (χ4v) is 2.20. The zero-order chi connectivity index (χ0) is 12.8. The summed E-state index contributed by atoms with van der Waals surface area (Å²) in [4.78, 5) is 0. The van der Waals surface area contributed by atoms with Crippen LogP contribution in [0.4, 0.5) is 0 Å². The first-order valence-electron chi connectivity index (χ1n) is 6.65. The van der Waals surface area contributed by atoms with Gasteiger partial charge in [-0.05, 0) is 37.9 Å². The minimum absolute atomic E-state index is 0.985. The molecule has 1 aromatic heterocycles. The van der Waals surface area contributed by atoms with E-state index in [4.69, 9.17) is 0 Å². The van der Waals surface area contributed by atoms with Crippen LogP contribution in [0.2, 0.25) is 0 Å². The summed E-state index contributed by atoms with van der Waals surface area (Å²) in [6.07, 6.45) is 6.18. The zero-order valence-corrected chi connectivity index (χ0v) is 10.9. The molecule has 2 rings (SSSR count). The van der Waals surface area contributed by atoms with E-state index in [0.717, 1.165) is 56.7 Å². The highest BCUT2D eigenvalue weighted by Crippen LogP contribution is 2.16. The molecule has 0 aliphatic carbocycles. The Morgan fingerprint density at radius 3 is 3.22 bits per heavy atom. The molecule has 18 heavy (non-hydrogen) atoms. The first-order valence-corrected chi connectivity index (χ1v) is 6.65. The number of aromatic nitrogens is 2. The number of hydrogen-bond acceptors (Lipinski definition) is 3. The number of nitrogens with one attached hydrogen (secondary N) is 2. The molecule has 4 heteroatoms. The molecule has 0 bridgehead atoms. The van der Waals surface area contributed by atoms with Gasteiger partial charge in [0.2, 0.25) is 0 Å². The number of aryl methyl sites for hydroxylation is 2. The predicted octanol–water partition coefficient (Wildman–Crippen LogP) is 1.90. The molecule has 1 aliphatic rings. The van der Waals surface area contributed by atoms with Crippen LogP contribution in [0.5, 0.6) is 0 Å². The molecule has 0 radical (unpaired) electrons. The van der Waals surface area contributed by atoms with Gasteiger partial charge in [-0.25, -0.2) is 0 Å². The van der Waals surface area contributed by atoms with Crippen molar-refractivity contribution in [1.29, 1.82) is 0 Å². The molecule has 0 saturated carbocycles. The maximum absolute atomic E-state index is 4.65. The minimum Gasteiger partial charge on any atom is -0.391 e. The average molecular weight is 246 g/mol. The SMILES string of the molecule is C=CNCCCCc1cc2n(n1)CCCNC2=C. The first kappa shape index (κ1) is 12.7. The van der Waals surface area contributed by atoms with Gasteiger partial charge in [0.1, 0.15) is 0 Å². The van der Waals surface area contributed by atoms with Crippen LogP contribution in [0, 0.1) is 0 Å². The van der Waals surface area contributed by atoms with Crippen molar-refractivity contribution >= 4 is 5.70 Å². The molecule has 4 nitrogen and oxygen atoms in total. The molecule has 2 heterocycles. The van der Waals surface area contributed by atoms with Gasteiger partial charge >= 0.3 is 0 Å². The molecular formula is C14H22N4. The van der Waals surface area contributed by atoms with E-state index in [1.807, 2.05) is 0 Å². The third-order valence-electron chi connectivity index (χ3n) is 3.17. The summed E-state index contributed by atoms with van der Waals surface area (Å²) in [6.45, 7) is 10.7. The monoisotopic (exact) mass is 246 g/mol. The van der Waals surface area contributed by atoms with Gasteiger partial charge in [0.25, 0.3) is 0 Å². The second-order valence-electron chi connectivity index (χ2n) is 4.62. The van der Waals surface area contributed by atoms with E-state index in [2.05, 4.69) is 39.6 Å². The van der Waals surface area contributed by atoms with Crippen LogP contribution in [0.3, 0.4) is 0 Å². The summed E-state index contributed by atoms with van der Waals surface area (Å²) in [7, 11) is 0. The van der Waals surface area contributed by atoms with Crippen molar-refractivity contribution < 1.29 is 0 Å². The quantitative estimate of drug-likeness (QED) is 0.753. The Labute approximate surface area is 109 Å². The van der Waals surface area contributed by atoms with Crippen LogP contribution in [0.15, 0.2) is 25.4 Å². The molecule has 98 valence electrons. The highest BCUT2D eigenvalue weighted by Gasteiger charge is 2.13. The third kappa shape index (κ3) is 3.15. The Morgan fingerprint density at radius 2 is 2.39 bits per heavy atom. The lowest BCUT2D eigenvalue weighted by molar-refractivity contribution is 0.575. The highest BCUT2D eigenvalue weighted by atomic mass is 15.3. The van der Waals surface area contributed by atoms with Crippen molar-refractivity contribution in [3.8, 4) is 0 Å². The van der Waals surface area contributed by atoms with Crippen LogP contribution < -0.4 is 10.6 Å². The second-order valence-corrected chi connectivity index (χ2v) is 4.62. The molecule has 0 amide bonds. The minimum atomic E-state index is 0.985. The van der Waals surface area contributed by atoms with E-state index < -0.39 is 0 Å². The average Bonchev–Trinajstić information content (AvgIpc) is 2.70. The molecular weight excluding hydrogens is 224 g/mol. The summed E-state index contributed by atoms with van der Waals surface area (Å²) in [5, 5.41) is 11.1. The van der Waals surface area contributed by atoms with E-state index in [1.165, 1.54) is 5.69 Å². The second kappa shape index (κ2) is 6.28. The number of nitrogens with zero attached hydrogens (tertiary/aromatic N) is 2. The maximum atomic E-state index is 4.65. The molecule has 0 spiro atoms. The van der Waals surface area contributed by atoms with Gasteiger partial charge in [0.15, 0.2) is 0 Å². The Morgan fingerprint density at radius 1 is 1.50 bits per heavy atom. The van der Waals surface area contributed by atoms with Crippen molar-refractivity contribution in [2.24, 2.45) is 0 Å². The summed E-state index contributed by atoms with van der Waals surface area (Å²) in [5.41, 5.74) is 3.32. The van der Waals surface area contributed by atoms with Gasteiger partial charge in [-0.3, -0.25) is 4.68 Å². The van der Waals surface area contributed by atoms with Crippen LogP contribution in [-0.4, -0.2) is 22.9 Å². The lowest BCUT2D eigenvalue weighted by Crippen LogP contribution is -2.10. The van der Waals surface area contributed by atoms with E-state index in [1.54, 1.807) is 6.20 Å². The lowest BCUT2D eigenvalue weighted by Gasteiger charge is -2.02. The number of rotatable bonds is 6. The van der Waals surface area contributed by atoms with Crippen LogP contribution in [-0.2, 0) is 13.0 Å². The highest BCUT2D eigenvalue weighted by molar-refractivity contribution is 5.59. The molecule has 0 aromatic carbocycles. The summed E-state index contributed by atoms with van der Waals surface area (Å²) >= 11 is 0. The largest absolute Gasteiger partial charge is 0.391 e. The molecule has 2 N–H and O–H groups in total. The fourth-order valence-electron chi connectivity index (χ4n) is 2.20. The number of hydrogen-bond donors (Lipinski definition) is 2. The number of fused-ring (bicyclic) bond motifs is 1. The normalized spacial score (nSPS) is 14.6. The van der Waals surface area contributed by atoms with E-state index in [9.17, 15) is 0 Å². The number of unbranched alkanes of at least 4 members (excludes halogenated alkanes) is 1. The van der Waals surface area contributed by atoms with Crippen LogP contribution in [0.25, 0.3) is 5.70 Å². The summed E-state index contributed by atoms with van der Waals surface area (Å²) in [5.74, 6) is 0. The fraction of sp³-hybridized carbons (Fsp3) is 0.500. The molecule has 1 aliphatic heterocycles. The topological polar surface area (TPSA) is 41.9 Å². The molecule has 0 atom stereocenters. The van der Waals surface area contributed by atoms with Gasteiger partial charge in [0.05, 0.1) is 17.1 Å². The Hall–Kier alpha value is -1.71. The Balaban J connectivity index is 1.89. The van der Waals surface area contributed by atoms with Crippen LogP contribution in [0.1, 0.15) is 30.7 Å². The molecule has 0 fully saturated rings. The zero-order valence-electron chi connectivity index (χ0n) is 10.9. The van der Waals surface area contributed by atoms with Gasteiger partial charge in [0, 0.05) is 19.6 Å². The molecule has 0 unspecified atom stereocenters. The standard InChI is InChI=1S/C14H22N4/c1-3-15-8-5-4-7-13-11-14-12(2)16-9-6-10-18(14)17-13/h3,11,15-16H,1-2,4-10H2. The lowest BCUT2D eigenvalue weighted by atomic mass is 10.2. The smallest absolute Gasteiger partial charge is 0.0838 e. The summed E-state index contributed by atoms with van der Waals surface area (Å²) < 4.78 is 2.08. The Bertz CT molecular complexity index is 419. The van der Waals surface area contributed by atoms with Gasteiger partial charge in [-0.15, -0.1) is 0 Å². The first-order chi connectivity index (χ1) is 8.81.